The van der Waals surface area contributed by atoms with Crippen molar-refractivity contribution in [2.75, 3.05) is 0 Å². The molecule has 0 aliphatic heterocycles. The maximum Gasteiger partial charge on any atom is 0.202 e. The summed E-state index contributed by atoms with van der Waals surface area (Å²) in [4.78, 5) is 0.363. The van der Waals surface area contributed by atoms with Gasteiger partial charge in [-0.3, -0.25) is 0 Å². The van der Waals surface area contributed by atoms with Crippen molar-refractivity contribution in [3.8, 4) is 0 Å². The van der Waals surface area contributed by atoms with Crippen molar-refractivity contribution in [3.05, 3.63) is 41.8 Å². The van der Waals surface area contributed by atoms with E-state index in [-0.39, 0.29) is 16.2 Å². The van der Waals surface area contributed by atoms with Gasteiger partial charge in [-0.15, -0.1) is 0 Å². The molecule has 0 heterocycles. The van der Waals surface area contributed by atoms with Crippen molar-refractivity contribution in [1.29, 1.82) is 0 Å². The highest BCUT2D eigenvalue weighted by atomic mass is 32.2. The molecule has 1 N–H and O–H groups in total. The second-order valence-corrected chi connectivity index (χ2v) is 7.37. The third-order valence-corrected chi connectivity index (χ3v) is 5.54. The minimum atomic E-state index is -3.53. The standard InChI is InChI=1S/C15H20O3S/c1-13(12-15(16)10-6-3-7-11-15)19(17,18)14-8-4-2-5-9-14/h2,4-5,8-9,16H,1,3,6-7,10-12H2. The summed E-state index contributed by atoms with van der Waals surface area (Å²) in [6, 6.07) is 8.28. The number of hydrogen-bond acceptors (Lipinski definition) is 3. The third-order valence-electron chi connectivity index (χ3n) is 3.74. The first kappa shape index (κ1) is 14.3. The largest absolute Gasteiger partial charge is 0.390 e. The Bertz CT molecular complexity index is 540. The first-order chi connectivity index (χ1) is 8.94. The van der Waals surface area contributed by atoms with Crippen LogP contribution < -0.4 is 0 Å². The van der Waals surface area contributed by atoms with E-state index in [1.807, 2.05) is 0 Å². The van der Waals surface area contributed by atoms with Crippen LogP contribution in [-0.4, -0.2) is 19.1 Å². The predicted molar refractivity (Wildman–Crippen MR) is 75.4 cm³/mol. The van der Waals surface area contributed by atoms with Crippen molar-refractivity contribution in [3.63, 3.8) is 0 Å². The molecule has 1 aromatic carbocycles. The van der Waals surface area contributed by atoms with Gasteiger partial charge in [-0.05, 0) is 25.0 Å². The van der Waals surface area contributed by atoms with Crippen LogP contribution in [0, 0.1) is 0 Å². The second-order valence-electron chi connectivity index (χ2n) is 5.32. The van der Waals surface area contributed by atoms with Crippen molar-refractivity contribution in [2.24, 2.45) is 0 Å². The molecule has 4 heteroatoms. The molecule has 1 saturated carbocycles. The fraction of sp³-hybridized carbons (Fsp3) is 0.467. The normalized spacial score (nSPS) is 19.0. The van der Waals surface area contributed by atoms with Crippen LogP contribution in [0.3, 0.4) is 0 Å². The summed E-state index contributed by atoms with van der Waals surface area (Å²) in [6.07, 6.45) is 4.49. The number of benzene rings is 1. The summed E-state index contributed by atoms with van der Waals surface area (Å²) >= 11 is 0. The van der Waals surface area contributed by atoms with Crippen LogP contribution in [0.5, 0.6) is 0 Å². The van der Waals surface area contributed by atoms with Crippen molar-refractivity contribution >= 4 is 9.84 Å². The summed E-state index contributed by atoms with van der Waals surface area (Å²) in [7, 11) is -3.53. The van der Waals surface area contributed by atoms with E-state index >= 15 is 0 Å². The fourth-order valence-electron chi connectivity index (χ4n) is 2.62. The Hall–Kier alpha value is -1.13. The molecule has 2 rings (SSSR count). The summed E-state index contributed by atoms with van der Waals surface area (Å²) in [5, 5.41) is 10.4. The van der Waals surface area contributed by atoms with E-state index in [0.717, 1.165) is 19.3 Å². The zero-order valence-electron chi connectivity index (χ0n) is 11.0. The van der Waals surface area contributed by atoms with Crippen LogP contribution in [0.15, 0.2) is 46.7 Å². The molecule has 1 aromatic rings. The zero-order valence-corrected chi connectivity index (χ0v) is 11.8. The molecular formula is C15H20O3S. The number of sulfone groups is 1. The van der Waals surface area contributed by atoms with Crippen LogP contribution in [-0.2, 0) is 9.84 Å². The molecule has 0 atom stereocenters. The topological polar surface area (TPSA) is 54.4 Å². The molecule has 0 amide bonds. The van der Waals surface area contributed by atoms with Crippen molar-refractivity contribution in [1.82, 2.24) is 0 Å². The molecule has 1 fully saturated rings. The minimum Gasteiger partial charge on any atom is -0.390 e. The molecule has 104 valence electrons. The maximum absolute atomic E-state index is 12.3. The van der Waals surface area contributed by atoms with Crippen LogP contribution in [0.2, 0.25) is 0 Å². The summed E-state index contributed by atoms with van der Waals surface area (Å²) in [5.74, 6) is 0. The van der Waals surface area contributed by atoms with E-state index in [2.05, 4.69) is 6.58 Å². The summed E-state index contributed by atoms with van der Waals surface area (Å²) < 4.78 is 24.7. The number of hydrogen-bond donors (Lipinski definition) is 1. The molecular weight excluding hydrogens is 260 g/mol. The Morgan fingerprint density at radius 1 is 1.16 bits per heavy atom. The van der Waals surface area contributed by atoms with Gasteiger partial charge in [0.15, 0.2) is 0 Å². The van der Waals surface area contributed by atoms with E-state index in [1.165, 1.54) is 0 Å². The molecule has 0 spiro atoms. The molecule has 3 nitrogen and oxygen atoms in total. The summed E-state index contributed by atoms with van der Waals surface area (Å²) in [5.41, 5.74) is -0.892. The van der Waals surface area contributed by atoms with Gasteiger partial charge in [0.2, 0.25) is 9.84 Å². The van der Waals surface area contributed by atoms with Crippen LogP contribution in [0.4, 0.5) is 0 Å². The van der Waals surface area contributed by atoms with Gasteiger partial charge in [0.05, 0.1) is 10.5 Å². The third kappa shape index (κ3) is 3.25. The highest BCUT2D eigenvalue weighted by molar-refractivity contribution is 7.95. The lowest BCUT2D eigenvalue weighted by molar-refractivity contribution is 0.00603. The predicted octanol–water partition coefficient (Wildman–Crippen LogP) is 3.06. The molecule has 19 heavy (non-hydrogen) atoms. The van der Waals surface area contributed by atoms with Gasteiger partial charge < -0.3 is 5.11 Å². The number of rotatable bonds is 4. The minimum absolute atomic E-state index is 0.114. The van der Waals surface area contributed by atoms with Crippen molar-refractivity contribution in [2.45, 2.75) is 49.0 Å². The molecule has 0 saturated heterocycles. The Morgan fingerprint density at radius 3 is 2.32 bits per heavy atom. The highest BCUT2D eigenvalue weighted by Crippen LogP contribution is 2.35. The van der Waals surface area contributed by atoms with E-state index in [4.69, 9.17) is 0 Å². The van der Waals surface area contributed by atoms with Crippen molar-refractivity contribution < 1.29 is 13.5 Å². The highest BCUT2D eigenvalue weighted by Gasteiger charge is 2.33. The van der Waals surface area contributed by atoms with Gasteiger partial charge >= 0.3 is 0 Å². The smallest absolute Gasteiger partial charge is 0.202 e. The van der Waals surface area contributed by atoms with Crippen LogP contribution >= 0.6 is 0 Å². The first-order valence-corrected chi connectivity index (χ1v) is 8.13. The average Bonchev–Trinajstić information content (AvgIpc) is 2.40. The van der Waals surface area contributed by atoms with Gasteiger partial charge in [0.25, 0.3) is 0 Å². The molecule has 0 radical (unpaired) electrons. The monoisotopic (exact) mass is 280 g/mol. The Balaban J connectivity index is 2.16. The lowest BCUT2D eigenvalue weighted by Crippen LogP contribution is -2.32. The lowest BCUT2D eigenvalue weighted by atomic mass is 9.82. The van der Waals surface area contributed by atoms with Gasteiger partial charge in [0.1, 0.15) is 0 Å². The lowest BCUT2D eigenvalue weighted by Gasteiger charge is -2.32. The van der Waals surface area contributed by atoms with Crippen LogP contribution in [0.25, 0.3) is 0 Å². The SMILES string of the molecule is C=C(CC1(O)CCCCC1)S(=O)(=O)c1ccccc1. The Kier molecular flexibility index (Phi) is 4.11. The molecule has 0 aromatic heterocycles. The average molecular weight is 280 g/mol. The quantitative estimate of drug-likeness (QED) is 0.922. The Morgan fingerprint density at radius 2 is 1.74 bits per heavy atom. The van der Waals surface area contributed by atoms with E-state index in [9.17, 15) is 13.5 Å². The zero-order chi connectivity index (χ0) is 13.9. The molecule has 0 unspecified atom stereocenters. The number of aliphatic hydroxyl groups is 1. The molecule has 1 aliphatic carbocycles. The van der Waals surface area contributed by atoms with E-state index < -0.39 is 15.4 Å². The van der Waals surface area contributed by atoms with Gasteiger partial charge in [-0.2, -0.15) is 0 Å². The summed E-state index contributed by atoms with van der Waals surface area (Å²) in [6.45, 7) is 3.69. The van der Waals surface area contributed by atoms with E-state index in [1.54, 1.807) is 30.3 Å². The molecule has 1 aliphatic rings. The van der Waals surface area contributed by atoms with Crippen LogP contribution in [0.1, 0.15) is 38.5 Å². The van der Waals surface area contributed by atoms with Gasteiger partial charge in [-0.1, -0.05) is 44.0 Å². The molecule has 0 bridgehead atoms. The first-order valence-electron chi connectivity index (χ1n) is 6.64. The fourth-order valence-corrected chi connectivity index (χ4v) is 3.92. The van der Waals surface area contributed by atoms with E-state index in [0.29, 0.717) is 12.8 Å². The maximum atomic E-state index is 12.3. The van der Waals surface area contributed by atoms with Gasteiger partial charge in [0, 0.05) is 11.3 Å². The second kappa shape index (κ2) is 5.47. The van der Waals surface area contributed by atoms with Gasteiger partial charge in [-0.25, -0.2) is 8.42 Å². The Labute approximate surface area is 114 Å².